The molecule has 1 N–H and O–H groups in total. The van der Waals surface area contributed by atoms with E-state index in [-0.39, 0.29) is 24.3 Å². The van der Waals surface area contributed by atoms with Crippen LogP contribution in [0.15, 0.2) is 48.5 Å². The quantitative estimate of drug-likeness (QED) is 0.882. The first-order chi connectivity index (χ1) is 11.7. The molecule has 5 nitrogen and oxygen atoms in total. The number of fused-ring (bicyclic) bond motifs is 2. The molecule has 2 aromatic rings. The van der Waals surface area contributed by atoms with Crippen LogP contribution in [0.1, 0.15) is 46.5 Å². The van der Waals surface area contributed by atoms with Crippen molar-refractivity contribution in [3.05, 3.63) is 65.2 Å². The van der Waals surface area contributed by atoms with Crippen LogP contribution >= 0.6 is 0 Å². The number of para-hydroxylation sites is 1. The summed E-state index contributed by atoms with van der Waals surface area (Å²) in [4.78, 5) is 24.3. The van der Waals surface area contributed by atoms with Gasteiger partial charge in [0.25, 0.3) is 0 Å². The van der Waals surface area contributed by atoms with Crippen LogP contribution in [0.3, 0.4) is 0 Å². The Morgan fingerprint density at radius 2 is 1.83 bits per heavy atom. The lowest BCUT2D eigenvalue weighted by Crippen LogP contribution is -2.32. The lowest BCUT2D eigenvalue weighted by atomic mass is 9.99. The van der Waals surface area contributed by atoms with Gasteiger partial charge in [-0.2, -0.15) is 0 Å². The van der Waals surface area contributed by atoms with Crippen molar-refractivity contribution in [2.75, 3.05) is 6.61 Å². The molecular weight excluding hydrogens is 306 g/mol. The van der Waals surface area contributed by atoms with Crippen LogP contribution in [0.5, 0.6) is 5.75 Å². The number of hydrogen-bond donors (Lipinski definition) is 1. The predicted molar refractivity (Wildman–Crippen MR) is 86.7 cm³/mol. The lowest BCUT2D eigenvalue weighted by Gasteiger charge is -2.27. The van der Waals surface area contributed by atoms with E-state index in [4.69, 9.17) is 9.47 Å². The highest BCUT2D eigenvalue weighted by atomic mass is 16.5. The highest BCUT2D eigenvalue weighted by Crippen LogP contribution is 2.34. The molecule has 2 aliphatic rings. The molecule has 0 saturated heterocycles. The second-order valence-corrected chi connectivity index (χ2v) is 5.98. The molecule has 5 heteroatoms. The van der Waals surface area contributed by atoms with Crippen LogP contribution in [0.4, 0.5) is 0 Å². The van der Waals surface area contributed by atoms with E-state index >= 15 is 0 Å². The summed E-state index contributed by atoms with van der Waals surface area (Å²) in [6, 6.07) is 14.8. The summed E-state index contributed by atoms with van der Waals surface area (Å²) >= 11 is 0. The second kappa shape index (κ2) is 6.00. The maximum Gasteiger partial charge on any atom is 0.339 e. The molecule has 2 aliphatic heterocycles. The molecule has 4 rings (SSSR count). The van der Waals surface area contributed by atoms with E-state index in [9.17, 15) is 9.59 Å². The van der Waals surface area contributed by atoms with E-state index in [1.807, 2.05) is 36.4 Å². The van der Waals surface area contributed by atoms with Crippen LogP contribution in [0, 0.1) is 0 Å². The smallest absolute Gasteiger partial charge is 0.339 e. The zero-order valence-corrected chi connectivity index (χ0v) is 13.0. The van der Waals surface area contributed by atoms with Crippen LogP contribution in [0.2, 0.25) is 0 Å². The largest absolute Gasteiger partial charge is 0.493 e. The van der Waals surface area contributed by atoms with Gasteiger partial charge in [-0.25, -0.2) is 4.79 Å². The third kappa shape index (κ3) is 2.62. The first-order valence-electron chi connectivity index (χ1n) is 8.03. The summed E-state index contributed by atoms with van der Waals surface area (Å²) in [5.41, 5.74) is 2.32. The molecule has 1 amide bonds. The Morgan fingerprint density at radius 3 is 2.71 bits per heavy atom. The fraction of sp³-hybridized carbons (Fsp3) is 0.263. The fourth-order valence-corrected chi connectivity index (χ4v) is 3.29. The van der Waals surface area contributed by atoms with Gasteiger partial charge < -0.3 is 14.8 Å². The topological polar surface area (TPSA) is 64.6 Å². The summed E-state index contributed by atoms with van der Waals surface area (Å²) in [7, 11) is 0. The van der Waals surface area contributed by atoms with Gasteiger partial charge in [-0.1, -0.05) is 36.4 Å². The molecule has 122 valence electrons. The van der Waals surface area contributed by atoms with Crippen molar-refractivity contribution in [2.24, 2.45) is 0 Å². The molecule has 24 heavy (non-hydrogen) atoms. The van der Waals surface area contributed by atoms with Gasteiger partial charge in [-0.3, -0.25) is 4.79 Å². The third-order valence-electron chi connectivity index (χ3n) is 4.44. The number of rotatable bonds is 3. The van der Waals surface area contributed by atoms with E-state index in [0.29, 0.717) is 12.2 Å². The highest BCUT2D eigenvalue weighted by molar-refractivity contribution is 5.94. The van der Waals surface area contributed by atoms with Gasteiger partial charge in [0.05, 0.1) is 24.6 Å². The molecule has 2 heterocycles. The molecule has 0 fully saturated rings. The van der Waals surface area contributed by atoms with Gasteiger partial charge in [-0.05, 0) is 12.1 Å². The van der Waals surface area contributed by atoms with Gasteiger partial charge >= 0.3 is 5.97 Å². The second-order valence-electron chi connectivity index (χ2n) is 5.98. The number of hydrogen-bond acceptors (Lipinski definition) is 4. The molecule has 0 radical (unpaired) electrons. The molecule has 0 spiro atoms. The normalized spacial score (nSPS) is 21.2. The highest BCUT2D eigenvalue weighted by Gasteiger charge is 2.33. The number of ether oxygens (including phenoxy) is 2. The predicted octanol–water partition coefficient (Wildman–Crippen LogP) is 2.93. The lowest BCUT2D eigenvalue weighted by molar-refractivity contribution is -0.124. The monoisotopic (exact) mass is 323 g/mol. The number of amides is 1. The van der Waals surface area contributed by atoms with Crippen molar-refractivity contribution in [2.45, 2.75) is 25.0 Å². The molecule has 2 aromatic carbocycles. The maximum atomic E-state index is 12.5. The average Bonchev–Trinajstić information content (AvgIpc) is 2.91. The van der Waals surface area contributed by atoms with Crippen LogP contribution < -0.4 is 10.1 Å². The van der Waals surface area contributed by atoms with Gasteiger partial charge in [-0.15, -0.1) is 0 Å². The van der Waals surface area contributed by atoms with Crippen LogP contribution in [0.25, 0.3) is 0 Å². The summed E-state index contributed by atoms with van der Waals surface area (Å²) in [6.45, 7) is 0.573. The molecule has 0 bridgehead atoms. The number of esters is 1. The maximum absolute atomic E-state index is 12.5. The zero-order valence-electron chi connectivity index (χ0n) is 13.0. The Balaban J connectivity index is 1.46. The first-order valence-corrected chi connectivity index (χ1v) is 8.03. The van der Waals surface area contributed by atoms with Crippen LogP contribution in [-0.4, -0.2) is 18.5 Å². The number of carbonyl (C=O) groups excluding carboxylic acids is 2. The average molecular weight is 323 g/mol. The number of carbonyl (C=O) groups is 2. The van der Waals surface area contributed by atoms with E-state index in [2.05, 4.69) is 5.32 Å². The van der Waals surface area contributed by atoms with Gasteiger partial charge in [0, 0.05) is 17.5 Å². The summed E-state index contributed by atoms with van der Waals surface area (Å²) < 4.78 is 10.9. The van der Waals surface area contributed by atoms with Crippen LogP contribution in [-0.2, 0) is 9.53 Å². The fourth-order valence-electron chi connectivity index (χ4n) is 3.29. The molecular formula is C19H17NO4. The van der Waals surface area contributed by atoms with Crippen molar-refractivity contribution < 1.29 is 19.1 Å². The Bertz CT molecular complexity index is 801. The Labute approximate surface area is 139 Å². The summed E-state index contributed by atoms with van der Waals surface area (Å²) in [5, 5.41) is 3.04. The Hall–Kier alpha value is -2.82. The van der Waals surface area contributed by atoms with E-state index in [1.165, 1.54) is 0 Å². The molecule has 0 aromatic heterocycles. The SMILES string of the molecule is O=C(CC1OC(=O)c2ccccc21)NC1CCOc2ccccc21. The van der Waals surface area contributed by atoms with Crippen molar-refractivity contribution in [3.63, 3.8) is 0 Å². The summed E-state index contributed by atoms with van der Waals surface area (Å²) in [5.74, 6) is 0.317. The number of benzene rings is 2. The summed E-state index contributed by atoms with van der Waals surface area (Å²) in [6.07, 6.45) is 0.343. The van der Waals surface area contributed by atoms with Gasteiger partial charge in [0.2, 0.25) is 5.91 Å². The van der Waals surface area contributed by atoms with Gasteiger partial charge in [0.15, 0.2) is 0 Å². The molecule has 2 atom stereocenters. The number of nitrogens with one attached hydrogen (secondary N) is 1. The standard InChI is InChI=1S/C19H17NO4/c21-18(11-17-12-5-1-2-6-13(12)19(22)24-17)20-15-9-10-23-16-8-4-3-7-14(15)16/h1-8,15,17H,9-11H2,(H,20,21). The minimum atomic E-state index is -0.510. The Kier molecular flexibility index (Phi) is 3.69. The minimum absolute atomic E-state index is 0.0743. The molecule has 0 saturated carbocycles. The van der Waals surface area contributed by atoms with E-state index < -0.39 is 6.10 Å². The molecule has 2 unspecified atom stereocenters. The van der Waals surface area contributed by atoms with Crippen molar-refractivity contribution >= 4 is 11.9 Å². The Morgan fingerprint density at radius 1 is 1.08 bits per heavy atom. The first kappa shape index (κ1) is 14.8. The minimum Gasteiger partial charge on any atom is -0.493 e. The molecule has 0 aliphatic carbocycles. The van der Waals surface area contributed by atoms with Crippen molar-refractivity contribution in [1.82, 2.24) is 5.32 Å². The van der Waals surface area contributed by atoms with E-state index in [0.717, 1.165) is 23.3 Å². The van der Waals surface area contributed by atoms with Crippen molar-refractivity contribution in [1.29, 1.82) is 0 Å². The van der Waals surface area contributed by atoms with Crippen molar-refractivity contribution in [3.8, 4) is 5.75 Å². The third-order valence-corrected chi connectivity index (χ3v) is 4.44. The van der Waals surface area contributed by atoms with Gasteiger partial charge in [0.1, 0.15) is 11.9 Å². The van der Waals surface area contributed by atoms with E-state index in [1.54, 1.807) is 12.1 Å². The zero-order chi connectivity index (χ0) is 16.5. The number of cyclic esters (lactones) is 1.